The summed E-state index contributed by atoms with van der Waals surface area (Å²) in [6.07, 6.45) is 0.841. The number of rotatable bonds is 3. The zero-order valence-corrected chi connectivity index (χ0v) is 13.0. The fourth-order valence-electron chi connectivity index (χ4n) is 3.05. The molecule has 5 heteroatoms. The number of para-hydroxylation sites is 1. The van der Waals surface area contributed by atoms with Crippen LogP contribution in [0.1, 0.15) is 36.8 Å². The first-order chi connectivity index (χ1) is 10.5. The van der Waals surface area contributed by atoms with Gasteiger partial charge in [-0.25, -0.2) is 0 Å². The van der Waals surface area contributed by atoms with E-state index in [1.165, 1.54) is 0 Å². The lowest BCUT2D eigenvalue weighted by molar-refractivity contribution is 0.0990. The normalized spacial score (nSPS) is 12.9. The van der Waals surface area contributed by atoms with Crippen LogP contribution in [0, 0.1) is 0 Å². The topological polar surface area (TPSA) is 70.0 Å². The van der Waals surface area contributed by atoms with Gasteiger partial charge in [0.05, 0.1) is 16.4 Å². The number of aromatic nitrogens is 2. The van der Waals surface area contributed by atoms with Crippen LogP contribution in [0.4, 0.5) is 0 Å². The van der Waals surface area contributed by atoms with Crippen molar-refractivity contribution in [3.63, 3.8) is 0 Å². The molecule has 3 aromatic rings. The van der Waals surface area contributed by atoms with Crippen molar-refractivity contribution in [2.45, 2.75) is 26.3 Å². The summed E-state index contributed by atoms with van der Waals surface area (Å²) < 4.78 is 3.52. The number of amides is 1. The number of nitrogens with zero attached hydrogens (tertiary/aromatic N) is 2. The van der Waals surface area contributed by atoms with Gasteiger partial charge in [0.25, 0.3) is 11.5 Å². The molecule has 0 spiro atoms. The molecular formula is C17H19N3O2. The molecule has 1 unspecified atom stereocenters. The number of carbonyl (C=O) groups is 1. The first-order valence-corrected chi connectivity index (χ1v) is 7.39. The van der Waals surface area contributed by atoms with Gasteiger partial charge in [-0.15, -0.1) is 0 Å². The van der Waals surface area contributed by atoms with Crippen molar-refractivity contribution in [2.24, 2.45) is 12.8 Å². The molecule has 2 aromatic heterocycles. The number of carbonyl (C=O) groups excluding carboxylic acids is 1. The second-order valence-electron chi connectivity index (χ2n) is 5.66. The standard InChI is InChI=1S/C17H19N3O2/c1-4-10(2)20-14(16(18)21)9-12-15(20)11-7-5-6-8-13(11)19(3)17(12)22/h5-10H,4H2,1-3H3,(H2,18,21). The molecule has 3 rings (SSSR count). The number of hydrogen-bond donors (Lipinski definition) is 1. The van der Waals surface area contributed by atoms with E-state index >= 15 is 0 Å². The Morgan fingerprint density at radius 1 is 1.27 bits per heavy atom. The first-order valence-electron chi connectivity index (χ1n) is 7.39. The van der Waals surface area contributed by atoms with Crippen LogP contribution in [0.5, 0.6) is 0 Å². The second kappa shape index (κ2) is 5.02. The minimum atomic E-state index is -0.511. The summed E-state index contributed by atoms with van der Waals surface area (Å²) in [6, 6.07) is 9.42. The van der Waals surface area contributed by atoms with Gasteiger partial charge in [-0.05, 0) is 25.5 Å². The molecular weight excluding hydrogens is 278 g/mol. The van der Waals surface area contributed by atoms with E-state index in [0.29, 0.717) is 11.1 Å². The van der Waals surface area contributed by atoms with Crippen LogP contribution in [0.2, 0.25) is 0 Å². The molecule has 2 heterocycles. The van der Waals surface area contributed by atoms with E-state index in [1.54, 1.807) is 17.7 Å². The van der Waals surface area contributed by atoms with Crippen molar-refractivity contribution in [1.82, 2.24) is 9.13 Å². The van der Waals surface area contributed by atoms with Crippen molar-refractivity contribution in [1.29, 1.82) is 0 Å². The maximum atomic E-state index is 12.6. The number of pyridine rings is 1. The lowest BCUT2D eigenvalue weighted by Gasteiger charge is -2.17. The average Bonchev–Trinajstić information content (AvgIpc) is 2.93. The molecule has 0 aliphatic carbocycles. The lowest BCUT2D eigenvalue weighted by atomic mass is 10.1. The van der Waals surface area contributed by atoms with Crippen molar-refractivity contribution in [2.75, 3.05) is 0 Å². The summed E-state index contributed by atoms with van der Waals surface area (Å²) in [5.74, 6) is -0.511. The van der Waals surface area contributed by atoms with Crippen LogP contribution in [-0.4, -0.2) is 15.0 Å². The Bertz CT molecular complexity index is 950. The molecule has 1 atom stereocenters. The highest BCUT2D eigenvalue weighted by atomic mass is 16.1. The zero-order valence-electron chi connectivity index (χ0n) is 13.0. The van der Waals surface area contributed by atoms with E-state index in [9.17, 15) is 9.59 Å². The summed E-state index contributed by atoms with van der Waals surface area (Å²) in [5, 5.41) is 1.49. The van der Waals surface area contributed by atoms with E-state index in [2.05, 4.69) is 0 Å². The highest BCUT2D eigenvalue weighted by Crippen LogP contribution is 2.29. The van der Waals surface area contributed by atoms with Gasteiger partial charge in [-0.2, -0.15) is 0 Å². The molecule has 1 amide bonds. The summed E-state index contributed by atoms with van der Waals surface area (Å²) in [4.78, 5) is 24.5. The summed E-state index contributed by atoms with van der Waals surface area (Å²) in [7, 11) is 1.74. The Hall–Kier alpha value is -2.56. The lowest BCUT2D eigenvalue weighted by Crippen LogP contribution is -2.19. The van der Waals surface area contributed by atoms with Gasteiger partial charge in [-0.1, -0.05) is 25.1 Å². The molecule has 0 bridgehead atoms. The van der Waals surface area contributed by atoms with E-state index < -0.39 is 5.91 Å². The molecule has 22 heavy (non-hydrogen) atoms. The maximum Gasteiger partial charge on any atom is 0.265 e. The summed E-state index contributed by atoms with van der Waals surface area (Å²) in [5.41, 5.74) is 7.45. The summed E-state index contributed by atoms with van der Waals surface area (Å²) >= 11 is 0. The maximum absolute atomic E-state index is 12.6. The van der Waals surface area contributed by atoms with Gasteiger partial charge in [0.1, 0.15) is 5.69 Å². The predicted octanol–water partition coefficient (Wildman–Crippen LogP) is 2.56. The number of benzene rings is 1. The monoisotopic (exact) mass is 297 g/mol. The molecule has 5 nitrogen and oxygen atoms in total. The Labute approximate surface area is 127 Å². The molecule has 0 radical (unpaired) electrons. The number of fused-ring (bicyclic) bond motifs is 3. The Balaban J connectivity index is 2.63. The quantitative estimate of drug-likeness (QED) is 0.807. The van der Waals surface area contributed by atoms with Gasteiger partial charge < -0.3 is 14.9 Å². The SMILES string of the molecule is CCC(C)n1c(C(N)=O)cc2c(=O)n(C)c3ccccc3c21. The number of primary amides is 1. The van der Waals surface area contributed by atoms with Crippen LogP contribution < -0.4 is 11.3 Å². The van der Waals surface area contributed by atoms with Crippen molar-refractivity contribution in [3.8, 4) is 0 Å². The van der Waals surface area contributed by atoms with Crippen LogP contribution in [0.15, 0.2) is 35.1 Å². The first kappa shape index (κ1) is 14.4. The fourth-order valence-corrected chi connectivity index (χ4v) is 3.05. The highest BCUT2D eigenvalue weighted by molar-refractivity contribution is 6.08. The fraction of sp³-hybridized carbons (Fsp3) is 0.294. The Morgan fingerprint density at radius 3 is 2.59 bits per heavy atom. The van der Waals surface area contributed by atoms with Crippen LogP contribution in [-0.2, 0) is 7.05 Å². The Morgan fingerprint density at radius 2 is 1.95 bits per heavy atom. The smallest absolute Gasteiger partial charge is 0.265 e. The van der Waals surface area contributed by atoms with Crippen LogP contribution >= 0.6 is 0 Å². The van der Waals surface area contributed by atoms with Crippen molar-refractivity contribution in [3.05, 3.63) is 46.4 Å². The second-order valence-corrected chi connectivity index (χ2v) is 5.66. The van der Waals surface area contributed by atoms with Gasteiger partial charge in [0, 0.05) is 18.5 Å². The predicted molar refractivity (Wildman–Crippen MR) is 88.2 cm³/mol. The van der Waals surface area contributed by atoms with Gasteiger partial charge in [0.2, 0.25) is 0 Å². The van der Waals surface area contributed by atoms with Gasteiger partial charge in [-0.3, -0.25) is 9.59 Å². The third-order valence-corrected chi connectivity index (χ3v) is 4.38. The molecule has 0 saturated carbocycles. The van der Waals surface area contributed by atoms with Crippen molar-refractivity contribution < 1.29 is 4.79 Å². The van der Waals surface area contributed by atoms with Gasteiger partial charge >= 0.3 is 0 Å². The average molecular weight is 297 g/mol. The number of nitrogens with two attached hydrogens (primary N) is 1. The molecule has 2 N–H and O–H groups in total. The van der Waals surface area contributed by atoms with Crippen LogP contribution in [0.25, 0.3) is 21.8 Å². The molecule has 114 valence electrons. The van der Waals surface area contributed by atoms with E-state index in [1.807, 2.05) is 42.7 Å². The highest BCUT2D eigenvalue weighted by Gasteiger charge is 2.21. The van der Waals surface area contributed by atoms with Crippen molar-refractivity contribution >= 4 is 27.7 Å². The third kappa shape index (κ3) is 1.85. The molecule has 0 aliphatic rings. The number of hydrogen-bond acceptors (Lipinski definition) is 2. The minimum Gasteiger partial charge on any atom is -0.364 e. The van der Waals surface area contributed by atoms with E-state index in [-0.39, 0.29) is 11.6 Å². The summed E-state index contributed by atoms with van der Waals surface area (Å²) in [6.45, 7) is 4.07. The minimum absolute atomic E-state index is 0.0792. The van der Waals surface area contributed by atoms with E-state index in [4.69, 9.17) is 5.73 Å². The molecule has 0 fully saturated rings. The van der Waals surface area contributed by atoms with Crippen LogP contribution in [0.3, 0.4) is 0 Å². The Kier molecular flexibility index (Phi) is 3.28. The largest absolute Gasteiger partial charge is 0.364 e. The zero-order chi connectivity index (χ0) is 16.0. The molecule has 0 saturated heterocycles. The molecule has 1 aromatic carbocycles. The molecule has 0 aliphatic heterocycles. The van der Waals surface area contributed by atoms with Gasteiger partial charge in [0.15, 0.2) is 0 Å². The third-order valence-electron chi connectivity index (χ3n) is 4.38. The van der Waals surface area contributed by atoms with E-state index in [0.717, 1.165) is 22.8 Å². The number of aryl methyl sites for hydroxylation is 1.